The van der Waals surface area contributed by atoms with Crippen molar-refractivity contribution in [3.63, 3.8) is 0 Å². The van der Waals surface area contributed by atoms with Gasteiger partial charge in [-0.15, -0.1) is 0 Å². The number of amides is 3. The second-order valence-electron chi connectivity index (χ2n) is 8.92. The van der Waals surface area contributed by atoms with Crippen LogP contribution in [-0.4, -0.2) is 40.5 Å². The average Bonchev–Trinajstić information content (AvgIpc) is 2.90. The first-order valence-corrected chi connectivity index (χ1v) is 12.8. The van der Waals surface area contributed by atoms with Crippen LogP contribution in [0.5, 0.6) is 0 Å². The minimum absolute atomic E-state index is 0.172. The molecule has 0 unspecified atom stereocenters. The fourth-order valence-corrected chi connectivity index (χ4v) is 5.08. The number of rotatable bonds is 7. The molecule has 1 fully saturated rings. The van der Waals surface area contributed by atoms with E-state index in [1.54, 1.807) is 36.4 Å². The molecule has 0 aromatic heterocycles. The molecular formula is C28H27Cl2N3O4. The molecular weight excluding hydrogens is 513 g/mol. The SMILES string of the molecule is O=C(O)CN(C(=O)c1ccc(-c2ccccc2)cc1NC(=O)Nc1c(Cl)cccc1Cl)C1CCCCC1. The summed E-state index contributed by atoms with van der Waals surface area (Å²) in [5.41, 5.74) is 2.37. The van der Waals surface area contributed by atoms with Gasteiger partial charge in [-0.2, -0.15) is 0 Å². The first kappa shape index (κ1) is 26.5. The monoisotopic (exact) mass is 539 g/mol. The Balaban J connectivity index is 1.69. The molecule has 0 aliphatic heterocycles. The van der Waals surface area contributed by atoms with Gasteiger partial charge in [0.25, 0.3) is 5.91 Å². The zero-order valence-electron chi connectivity index (χ0n) is 20.0. The van der Waals surface area contributed by atoms with Crippen LogP contribution in [0.3, 0.4) is 0 Å². The zero-order chi connectivity index (χ0) is 26.4. The minimum Gasteiger partial charge on any atom is -0.480 e. The van der Waals surface area contributed by atoms with Crippen LogP contribution < -0.4 is 10.6 Å². The molecule has 0 bridgehead atoms. The molecule has 0 spiro atoms. The molecule has 7 nitrogen and oxygen atoms in total. The van der Waals surface area contributed by atoms with Crippen LogP contribution in [0.2, 0.25) is 10.0 Å². The number of aliphatic carboxylic acids is 1. The summed E-state index contributed by atoms with van der Waals surface area (Å²) in [6.07, 6.45) is 4.43. The molecule has 1 saturated carbocycles. The number of benzene rings is 3. The van der Waals surface area contributed by atoms with Crippen molar-refractivity contribution in [3.8, 4) is 11.1 Å². The number of hydrogen-bond donors (Lipinski definition) is 3. The summed E-state index contributed by atoms with van der Waals surface area (Å²) in [5.74, 6) is -1.53. The van der Waals surface area contributed by atoms with E-state index >= 15 is 0 Å². The molecule has 0 heterocycles. The molecule has 9 heteroatoms. The number of carboxylic acids is 1. The summed E-state index contributed by atoms with van der Waals surface area (Å²) >= 11 is 12.4. The summed E-state index contributed by atoms with van der Waals surface area (Å²) in [7, 11) is 0. The molecule has 3 aromatic carbocycles. The number of nitrogens with zero attached hydrogens (tertiary/aromatic N) is 1. The topological polar surface area (TPSA) is 98.7 Å². The standard InChI is InChI=1S/C28H27Cl2N3O4/c29-22-12-7-13-23(30)26(22)32-28(37)31-24-16-19(18-8-3-1-4-9-18)14-15-21(24)27(36)33(17-25(34)35)20-10-5-2-6-11-20/h1,3-4,7-9,12-16,20H,2,5-6,10-11,17H2,(H,34,35)(H2,31,32,37). The van der Waals surface area contributed by atoms with Gasteiger partial charge in [-0.1, -0.05) is 84.9 Å². The molecule has 3 N–H and O–H groups in total. The molecule has 0 saturated heterocycles. The molecule has 3 aromatic rings. The van der Waals surface area contributed by atoms with Crippen molar-refractivity contribution < 1.29 is 19.5 Å². The highest BCUT2D eigenvalue weighted by Gasteiger charge is 2.30. The maximum absolute atomic E-state index is 13.7. The molecule has 0 atom stereocenters. The van der Waals surface area contributed by atoms with Crippen molar-refractivity contribution >= 4 is 52.5 Å². The van der Waals surface area contributed by atoms with E-state index in [2.05, 4.69) is 10.6 Å². The van der Waals surface area contributed by atoms with Gasteiger partial charge in [0.15, 0.2) is 0 Å². The lowest BCUT2D eigenvalue weighted by Crippen LogP contribution is -2.44. The van der Waals surface area contributed by atoms with Gasteiger partial charge in [-0.05, 0) is 48.2 Å². The number of nitrogens with one attached hydrogen (secondary N) is 2. The van der Waals surface area contributed by atoms with E-state index in [4.69, 9.17) is 23.2 Å². The molecule has 3 amide bonds. The van der Waals surface area contributed by atoms with Gasteiger partial charge in [0.1, 0.15) is 6.54 Å². The molecule has 4 rings (SSSR count). The second kappa shape index (κ2) is 12.1. The van der Waals surface area contributed by atoms with Crippen LogP contribution in [0.1, 0.15) is 42.5 Å². The normalized spacial score (nSPS) is 13.6. The van der Waals surface area contributed by atoms with Crippen LogP contribution in [0.4, 0.5) is 16.2 Å². The van der Waals surface area contributed by atoms with Gasteiger partial charge in [0.2, 0.25) is 0 Å². The largest absolute Gasteiger partial charge is 0.480 e. The quantitative estimate of drug-likeness (QED) is 0.296. The molecule has 1 aliphatic rings. The van der Waals surface area contributed by atoms with Gasteiger partial charge in [0, 0.05) is 6.04 Å². The van der Waals surface area contributed by atoms with Crippen LogP contribution in [0.25, 0.3) is 11.1 Å². The van der Waals surface area contributed by atoms with Crippen molar-refractivity contribution in [1.82, 2.24) is 4.90 Å². The van der Waals surface area contributed by atoms with E-state index in [1.807, 2.05) is 30.3 Å². The second-order valence-corrected chi connectivity index (χ2v) is 9.74. The van der Waals surface area contributed by atoms with E-state index in [9.17, 15) is 19.5 Å². The Morgan fingerprint density at radius 1 is 0.838 bits per heavy atom. The minimum atomic E-state index is -1.08. The summed E-state index contributed by atoms with van der Waals surface area (Å²) in [6, 6.07) is 18.7. The number of para-hydroxylation sites is 1. The number of hydrogen-bond acceptors (Lipinski definition) is 3. The highest BCUT2D eigenvalue weighted by Crippen LogP contribution is 2.32. The predicted octanol–water partition coefficient (Wildman–Crippen LogP) is 7.16. The number of urea groups is 1. The molecule has 1 aliphatic carbocycles. The van der Waals surface area contributed by atoms with Gasteiger partial charge in [0.05, 0.1) is 27.0 Å². The highest BCUT2D eigenvalue weighted by molar-refractivity contribution is 6.39. The van der Waals surface area contributed by atoms with Gasteiger partial charge < -0.3 is 20.6 Å². The lowest BCUT2D eigenvalue weighted by molar-refractivity contribution is -0.138. The van der Waals surface area contributed by atoms with E-state index in [0.29, 0.717) is 0 Å². The molecule has 192 valence electrons. The summed E-state index contributed by atoms with van der Waals surface area (Å²) in [5, 5.41) is 15.5. The lowest BCUT2D eigenvalue weighted by Gasteiger charge is -2.33. The Morgan fingerprint density at radius 3 is 2.16 bits per heavy atom. The summed E-state index contributed by atoms with van der Waals surface area (Å²) in [6.45, 7) is -0.412. The summed E-state index contributed by atoms with van der Waals surface area (Å²) in [4.78, 5) is 39.8. The third-order valence-corrected chi connectivity index (χ3v) is 7.02. The van der Waals surface area contributed by atoms with Crippen LogP contribution >= 0.6 is 23.2 Å². The lowest BCUT2D eigenvalue weighted by atomic mass is 9.93. The van der Waals surface area contributed by atoms with Crippen molar-refractivity contribution in [3.05, 3.63) is 82.3 Å². The first-order chi connectivity index (χ1) is 17.8. The fourth-order valence-electron chi connectivity index (χ4n) is 4.59. The first-order valence-electron chi connectivity index (χ1n) is 12.1. The fraction of sp³-hybridized carbons (Fsp3) is 0.250. The average molecular weight is 540 g/mol. The van der Waals surface area contributed by atoms with Crippen molar-refractivity contribution in [2.75, 3.05) is 17.2 Å². The van der Waals surface area contributed by atoms with E-state index in [-0.39, 0.29) is 33.0 Å². The Labute approximate surface area is 225 Å². The van der Waals surface area contributed by atoms with E-state index < -0.39 is 24.5 Å². The van der Waals surface area contributed by atoms with Crippen LogP contribution in [-0.2, 0) is 4.79 Å². The van der Waals surface area contributed by atoms with E-state index in [0.717, 1.165) is 43.2 Å². The van der Waals surface area contributed by atoms with Gasteiger partial charge in [-0.25, -0.2) is 4.79 Å². The van der Waals surface area contributed by atoms with Gasteiger partial charge in [-0.3, -0.25) is 9.59 Å². The summed E-state index contributed by atoms with van der Waals surface area (Å²) < 4.78 is 0. The third-order valence-electron chi connectivity index (χ3n) is 6.39. The Bertz CT molecular complexity index is 1270. The smallest absolute Gasteiger partial charge is 0.323 e. The van der Waals surface area contributed by atoms with Crippen LogP contribution in [0.15, 0.2) is 66.7 Å². The predicted molar refractivity (Wildman–Crippen MR) is 147 cm³/mol. The molecule has 37 heavy (non-hydrogen) atoms. The number of carbonyl (C=O) groups excluding carboxylic acids is 2. The highest BCUT2D eigenvalue weighted by atomic mass is 35.5. The van der Waals surface area contributed by atoms with Crippen molar-refractivity contribution in [2.24, 2.45) is 0 Å². The number of halogens is 2. The maximum atomic E-state index is 13.7. The van der Waals surface area contributed by atoms with Gasteiger partial charge >= 0.3 is 12.0 Å². The Kier molecular flexibility index (Phi) is 8.69. The number of carbonyl (C=O) groups is 3. The van der Waals surface area contributed by atoms with Crippen LogP contribution in [0, 0.1) is 0 Å². The number of anilines is 2. The Morgan fingerprint density at radius 2 is 1.51 bits per heavy atom. The zero-order valence-corrected chi connectivity index (χ0v) is 21.6. The molecule has 0 radical (unpaired) electrons. The van der Waals surface area contributed by atoms with Crippen molar-refractivity contribution in [1.29, 1.82) is 0 Å². The number of carboxylic acid groups (broad SMARTS) is 1. The third kappa shape index (κ3) is 6.61. The maximum Gasteiger partial charge on any atom is 0.323 e. The van der Waals surface area contributed by atoms with E-state index in [1.165, 1.54) is 4.90 Å². The Hall–Kier alpha value is -3.55. The van der Waals surface area contributed by atoms with Crippen molar-refractivity contribution in [2.45, 2.75) is 38.1 Å².